The van der Waals surface area contributed by atoms with Gasteiger partial charge in [-0.1, -0.05) is 0 Å². The molecule has 3 aromatic rings. The highest BCUT2D eigenvalue weighted by atomic mass is 16.5. The highest BCUT2D eigenvalue weighted by Crippen LogP contribution is 2.30. The molecule has 1 saturated heterocycles. The summed E-state index contributed by atoms with van der Waals surface area (Å²) in [6.07, 6.45) is 4.60. The fraction of sp³-hybridized carbons (Fsp3) is 0.350. The molecule has 0 bridgehead atoms. The van der Waals surface area contributed by atoms with E-state index < -0.39 is 0 Å². The molecule has 5 nitrogen and oxygen atoms in total. The van der Waals surface area contributed by atoms with Gasteiger partial charge in [0.15, 0.2) is 0 Å². The van der Waals surface area contributed by atoms with Crippen LogP contribution < -0.4 is 10.1 Å². The second-order valence-corrected chi connectivity index (χ2v) is 6.49. The van der Waals surface area contributed by atoms with Crippen molar-refractivity contribution in [1.82, 2.24) is 9.38 Å². The van der Waals surface area contributed by atoms with E-state index in [9.17, 15) is 0 Å². The summed E-state index contributed by atoms with van der Waals surface area (Å²) in [5, 5.41) is 3.57. The number of imidazole rings is 1. The second-order valence-electron chi connectivity index (χ2n) is 6.49. The van der Waals surface area contributed by atoms with Crippen molar-refractivity contribution in [3.8, 4) is 17.0 Å². The van der Waals surface area contributed by atoms with E-state index in [2.05, 4.69) is 35.0 Å². The summed E-state index contributed by atoms with van der Waals surface area (Å²) in [6, 6.07) is 12.2. The van der Waals surface area contributed by atoms with E-state index >= 15 is 0 Å². The average Bonchev–Trinajstić information content (AvgIpc) is 3.27. The number of rotatable bonds is 5. The Balaban J connectivity index is 1.73. The normalized spacial score (nSPS) is 17.1. The molecule has 1 atom stereocenters. The van der Waals surface area contributed by atoms with Crippen LogP contribution in [0.15, 0.2) is 42.6 Å². The first kappa shape index (κ1) is 16.0. The molecule has 4 rings (SSSR count). The van der Waals surface area contributed by atoms with E-state index in [1.807, 2.05) is 24.3 Å². The Bertz CT molecular complexity index is 865. The number of anilines is 1. The number of aryl methyl sites for hydroxylation is 1. The predicted octanol–water partition coefficient (Wildman–Crippen LogP) is 3.91. The predicted molar refractivity (Wildman–Crippen MR) is 99.4 cm³/mol. The van der Waals surface area contributed by atoms with Crippen molar-refractivity contribution in [3.05, 3.63) is 48.2 Å². The third kappa shape index (κ3) is 3.20. The van der Waals surface area contributed by atoms with Crippen LogP contribution in [0.5, 0.6) is 5.75 Å². The maximum absolute atomic E-state index is 5.75. The monoisotopic (exact) mass is 337 g/mol. The zero-order chi connectivity index (χ0) is 17.2. The van der Waals surface area contributed by atoms with Gasteiger partial charge in [-0.3, -0.25) is 4.40 Å². The quantitative estimate of drug-likeness (QED) is 0.767. The number of fused-ring (bicyclic) bond motifs is 1. The van der Waals surface area contributed by atoms with Crippen LogP contribution in [0.1, 0.15) is 18.4 Å². The molecule has 25 heavy (non-hydrogen) atoms. The minimum atomic E-state index is 0.278. The lowest BCUT2D eigenvalue weighted by Gasteiger charge is -2.13. The third-order valence-corrected chi connectivity index (χ3v) is 4.67. The van der Waals surface area contributed by atoms with Crippen LogP contribution in [0.25, 0.3) is 16.9 Å². The minimum Gasteiger partial charge on any atom is -0.497 e. The van der Waals surface area contributed by atoms with Gasteiger partial charge in [-0.25, -0.2) is 4.98 Å². The van der Waals surface area contributed by atoms with Crippen molar-refractivity contribution < 1.29 is 9.47 Å². The lowest BCUT2D eigenvalue weighted by atomic mass is 10.1. The topological polar surface area (TPSA) is 47.8 Å². The van der Waals surface area contributed by atoms with Crippen molar-refractivity contribution in [3.63, 3.8) is 0 Å². The first-order valence-electron chi connectivity index (χ1n) is 8.73. The molecule has 130 valence electrons. The lowest BCUT2D eigenvalue weighted by Crippen LogP contribution is -2.19. The van der Waals surface area contributed by atoms with Crippen molar-refractivity contribution in [1.29, 1.82) is 0 Å². The van der Waals surface area contributed by atoms with Crippen LogP contribution >= 0.6 is 0 Å². The summed E-state index contributed by atoms with van der Waals surface area (Å²) in [4.78, 5) is 4.86. The maximum atomic E-state index is 5.75. The zero-order valence-electron chi connectivity index (χ0n) is 14.7. The van der Waals surface area contributed by atoms with Crippen molar-refractivity contribution in [2.75, 3.05) is 25.6 Å². The van der Waals surface area contributed by atoms with E-state index in [1.165, 1.54) is 5.56 Å². The largest absolute Gasteiger partial charge is 0.497 e. The van der Waals surface area contributed by atoms with Gasteiger partial charge < -0.3 is 14.8 Å². The van der Waals surface area contributed by atoms with Crippen LogP contribution in [0.4, 0.5) is 5.82 Å². The smallest absolute Gasteiger partial charge is 0.139 e. The summed E-state index contributed by atoms with van der Waals surface area (Å²) in [5.41, 5.74) is 4.16. The van der Waals surface area contributed by atoms with Gasteiger partial charge in [0.05, 0.1) is 13.2 Å². The minimum absolute atomic E-state index is 0.278. The molecule has 1 N–H and O–H groups in total. The van der Waals surface area contributed by atoms with Gasteiger partial charge in [-0.2, -0.15) is 0 Å². The summed E-state index contributed by atoms with van der Waals surface area (Å²) in [6.45, 7) is 3.75. The molecule has 1 aromatic carbocycles. The average molecular weight is 337 g/mol. The summed E-state index contributed by atoms with van der Waals surface area (Å²) in [7, 11) is 1.68. The maximum Gasteiger partial charge on any atom is 0.139 e. The Morgan fingerprint density at radius 2 is 2.12 bits per heavy atom. The third-order valence-electron chi connectivity index (χ3n) is 4.67. The highest BCUT2D eigenvalue weighted by molar-refractivity contribution is 5.77. The molecule has 0 saturated carbocycles. The van der Waals surface area contributed by atoms with E-state index in [0.717, 1.165) is 54.5 Å². The molecular formula is C20H23N3O2. The highest BCUT2D eigenvalue weighted by Gasteiger charge is 2.19. The van der Waals surface area contributed by atoms with Crippen LogP contribution in [-0.4, -0.2) is 35.8 Å². The van der Waals surface area contributed by atoms with E-state index in [1.54, 1.807) is 7.11 Å². The van der Waals surface area contributed by atoms with Crippen molar-refractivity contribution in [2.24, 2.45) is 0 Å². The zero-order valence-corrected chi connectivity index (χ0v) is 14.7. The van der Waals surface area contributed by atoms with Crippen LogP contribution in [0.3, 0.4) is 0 Å². The number of ether oxygens (including phenoxy) is 2. The molecule has 0 aliphatic carbocycles. The molecule has 1 aliphatic rings. The van der Waals surface area contributed by atoms with Gasteiger partial charge in [0, 0.05) is 24.9 Å². The van der Waals surface area contributed by atoms with Crippen molar-refractivity contribution >= 4 is 11.5 Å². The molecule has 3 heterocycles. The number of nitrogens with one attached hydrogen (secondary N) is 1. The summed E-state index contributed by atoms with van der Waals surface area (Å²) < 4.78 is 13.1. The van der Waals surface area contributed by atoms with Crippen LogP contribution in [0.2, 0.25) is 0 Å². The Labute approximate surface area is 147 Å². The van der Waals surface area contributed by atoms with Gasteiger partial charge in [-0.05, 0) is 61.7 Å². The fourth-order valence-electron chi connectivity index (χ4n) is 3.28. The molecule has 0 unspecified atom stereocenters. The number of pyridine rings is 1. The Kier molecular flexibility index (Phi) is 4.32. The van der Waals surface area contributed by atoms with Gasteiger partial charge >= 0.3 is 0 Å². The first-order valence-corrected chi connectivity index (χ1v) is 8.73. The summed E-state index contributed by atoms with van der Waals surface area (Å²) >= 11 is 0. The number of nitrogens with zero attached hydrogens (tertiary/aromatic N) is 2. The fourth-order valence-corrected chi connectivity index (χ4v) is 3.28. The number of hydrogen-bond donors (Lipinski definition) is 1. The Hall–Kier alpha value is -2.53. The summed E-state index contributed by atoms with van der Waals surface area (Å²) in [5.74, 6) is 1.85. The van der Waals surface area contributed by atoms with Gasteiger partial charge in [-0.15, -0.1) is 0 Å². The number of hydrogen-bond acceptors (Lipinski definition) is 4. The van der Waals surface area contributed by atoms with Crippen molar-refractivity contribution in [2.45, 2.75) is 25.9 Å². The lowest BCUT2D eigenvalue weighted by molar-refractivity contribution is 0.120. The van der Waals surface area contributed by atoms with Crippen LogP contribution in [0, 0.1) is 6.92 Å². The number of aromatic nitrogens is 2. The molecule has 1 fully saturated rings. The molecular weight excluding hydrogens is 314 g/mol. The Morgan fingerprint density at radius 1 is 1.28 bits per heavy atom. The number of methoxy groups -OCH3 is 1. The SMILES string of the molecule is COc1ccc(-c2nc3cc(C)ccn3c2NC[C@@H]2CCCO2)cc1. The van der Waals surface area contributed by atoms with Gasteiger partial charge in [0.1, 0.15) is 22.9 Å². The van der Waals surface area contributed by atoms with E-state index in [4.69, 9.17) is 14.5 Å². The Morgan fingerprint density at radius 3 is 2.84 bits per heavy atom. The number of benzene rings is 1. The van der Waals surface area contributed by atoms with E-state index in [-0.39, 0.29) is 6.10 Å². The molecule has 5 heteroatoms. The molecule has 2 aromatic heterocycles. The standard InChI is InChI=1S/C20H23N3O2/c1-14-9-10-23-18(12-14)22-19(15-5-7-16(24-2)8-6-15)20(23)21-13-17-4-3-11-25-17/h5-10,12,17,21H,3-4,11,13H2,1-2H3/t17-/m0/s1. The first-order chi connectivity index (χ1) is 12.2. The molecule has 1 aliphatic heterocycles. The van der Waals surface area contributed by atoms with E-state index in [0.29, 0.717) is 0 Å². The van der Waals surface area contributed by atoms with Gasteiger partial charge in [0.2, 0.25) is 0 Å². The molecule has 0 spiro atoms. The van der Waals surface area contributed by atoms with Gasteiger partial charge in [0.25, 0.3) is 0 Å². The van der Waals surface area contributed by atoms with Crippen LogP contribution in [-0.2, 0) is 4.74 Å². The molecule has 0 amide bonds. The second kappa shape index (κ2) is 6.76. The molecule has 0 radical (unpaired) electrons.